The fourth-order valence-corrected chi connectivity index (χ4v) is 4.96. The average Bonchev–Trinajstić information content (AvgIpc) is 3.08. The van der Waals surface area contributed by atoms with Gasteiger partial charge in [-0.2, -0.15) is 0 Å². The van der Waals surface area contributed by atoms with Crippen LogP contribution in [0.25, 0.3) is 0 Å². The fraction of sp³-hybridized carbons (Fsp3) is 0.360. The number of para-hydroxylation sites is 2. The number of benzene rings is 2. The van der Waals surface area contributed by atoms with Crippen molar-refractivity contribution in [3.05, 3.63) is 54.1 Å². The van der Waals surface area contributed by atoms with Crippen LogP contribution >= 0.6 is 23.2 Å². The van der Waals surface area contributed by atoms with Crippen LogP contribution in [0.2, 0.25) is 0 Å². The van der Waals surface area contributed by atoms with E-state index in [4.69, 9.17) is 32.7 Å². The van der Waals surface area contributed by atoms with Gasteiger partial charge in [-0.1, -0.05) is 18.2 Å². The van der Waals surface area contributed by atoms with Crippen molar-refractivity contribution in [3.63, 3.8) is 0 Å². The predicted molar refractivity (Wildman–Crippen MR) is 131 cm³/mol. The molecule has 1 N–H and O–H groups in total. The summed E-state index contributed by atoms with van der Waals surface area (Å²) >= 11 is 12.5. The zero-order valence-corrected chi connectivity index (χ0v) is 20.4. The Morgan fingerprint density at radius 3 is 2.31 bits per heavy atom. The molecule has 2 aromatic carbocycles. The number of amides is 3. The molecular weight excluding hydrogens is 495 g/mol. The van der Waals surface area contributed by atoms with Crippen LogP contribution < -0.4 is 15.0 Å². The zero-order valence-electron chi connectivity index (χ0n) is 18.9. The van der Waals surface area contributed by atoms with Gasteiger partial charge in [0.1, 0.15) is 5.75 Å². The molecule has 184 valence electrons. The maximum Gasteiger partial charge on any atom is 0.338 e. The molecule has 4 rings (SSSR count). The van der Waals surface area contributed by atoms with E-state index in [1.807, 2.05) is 6.92 Å². The van der Waals surface area contributed by atoms with E-state index in [1.54, 1.807) is 36.4 Å². The number of halogens is 2. The van der Waals surface area contributed by atoms with Crippen LogP contribution in [0, 0.1) is 11.8 Å². The Morgan fingerprint density at radius 1 is 1.00 bits per heavy atom. The van der Waals surface area contributed by atoms with Gasteiger partial charge in [0.25, 0.3) is 5.91 Å². The lowest BCUT2D eigenvalue weighted by Crippen LogP contribution is -2.34. The van der Waals surface area contributed by atoms with Crippen molar-refractivity contribution in [3.8, 4) is 5.75 Å². The number of anilines is 2. The van der Waals surface area contributed by atoms with Crippen molar-refractivity contribution < 1.29 is 28.7 Å². The Kier molecular flexibility index (Phi) is 7.62. The van der Waals surface area contributed by atoms with Crippen molar-refractivity contribution in [1.82, 2.24) is 0 Å². The molecule has 0 aromatic heterocycles. The summed E-state index contributed by atoms with van der Waals surface area (Å²) in [6, 6.07) is 12.9. The molecule has 4 atom stereocenters. The highest BCUT2D eigenvalue weighted by molar-refractivity contribution is 6.31. The highest BCUT2D eigenvalue weighted by Gasteiger charge is 2.52. The first-order valence-electron chi connectivity index (χ1n) is 11.2. The number of alkyl halides is 2. The quantitative estimate of drug-likeness (QED) is 0.337. The molecular formula is C25H24Cl2N2O6. The number of rotatable bonds is 7. The first-order chi connectivity index (χ1) is 16.8. The van der Waals surface area contributed by atoms with Gasteiger partial charge in [0, 0.05) is 0 Å². The van der Waals surface area contributed by atoms with Crippen molar-refractivity contribution >= 4 is 58.3 Å². The molecule has 0 spiro atoms. The largest absolute Gasteiger partial charge is 0.492 e. The first-order valence-corrected chi connectivity index (χ1v) is 12.1. The van der Waals surface area contributed by atoms with Gasteiger partial charge in [-0.25, -0.2) is 4.79 Å². The van der Waals surface area contributed by atoms with Crippen molar-refractivity contribution in [2.75, 3.05) is 23.4 Å². The Labute approximate surface area is 212 Å². The second-order valence-electron chi connectivity index (χ2n) is 8.33. The highest BCUT2D eigenvalue weighted by atomic mass is 35.5. The van der Waals surface area contributed by atoms with Gasteiger partial charge < -0.3 is 14.8 Å². The van der Waals surface area contributed by atoms with Crippen LogP contribution in [0.4, 0.5) is 11.4 Å². The van der Waals surface area contributed by atoms with Gasteiger partial charge >= 0.3 is 5.97 Å². The maximum atomic E-state index is 13.0. The zero-order chi connectivity index (χ0) is 25.1. The molecule has 1 heterocycles. The number of hydrogen-bond donors (Lipinski definition) is 1. The first kappa shape index (κ1) is 25.0. The van der Waals surface area contributed by atoms with Gasteiger partial charge in [-0.05, 0) is 50.1 Å². The summed E-state index contributed by atoms with van der Waals surface area (Å²) in [4.78, 5) is 51.9. The summed E-state index contributed by atoms with van der Waals surface area (Å²) < 4.78 is 10.6. The second kappa shape index (κ2) is 10.7. The van der Waals surface area contributed by atoms with Crippen LogP contribution in [-0.2, 0) is 19.1 Å². The minimum absolute atomic E-state index is 0.103. The van der Waals surface area contributed by atoms with Crippen molar-refractivity contribution in [2.45, 2.75) is 30.5 Å². The summed E-state index contributed by atoms with van der Waals surface area (Å²) in [5.74, 6) is -2.57. The number of fused-ring (bicyclic) bond motifs is 1. The summed E-state index contributed by atoms with van der Waals surface area (Å²) in [5, 5.41) is 1.87. The molecule has 1 saturated carbocycles. The highest BCUT2D eigenvalue weighted by Crippen LogP contribution is 2.43. The third kappa shape index (κ3) is 5.28. The number of hydrogen-bond acceptors (Lipinski definition) is 6. The predicted octanol–water partition coefficient (Wildman–Crippen LogP) is 4.00. The summed E-state index contributed by atoms with van der Waals surface area (Å²) in [5.41, 5.74) is 0.824. The maximum absolute atomic E-state index is 13.0. The van der Waals surface area contributed by atoms with Crippen LogP contribution in [0.1, 0.15) is 30.1 Å². The SMILES string of the molecule is CCOc1ccccc1NC(=O)COC(=O)c1cccc(N2C(=O)[C@H]3C[C@H](Cl)[C@@H](Cl)C[C@H]3C2=O)c1. The molecule has 2 aliphatic rings. The lowest BCUT2D eigenvalue weighted by Gasteiger charge is -2.28. The van der Waals surface area contributed by atoms with Crippen molar-refractivity contribution in [1.29, 1.82) is 0 Å². The lowest BCUT2D eigenvalue weighted by atomic mass is 9.80. The minimum Gasteiger partial charge on any atom is -0.492 e. The Morgan fingerprint density at radius 2 is 1.66 bits per heavy atom. The molecule has 0 bridgehead atoms. The fourth-order valence-electron chi connectivity index (χ4n) is 4.37. The van der Waals surface area contributed by atoms with E-state index in [2.05, 4.69) is 5.32 Å². The van der Waals surface area contributed by atoms with Gasteiger partial charge in [0.2, 0.25) is 11.8 Å². The van der Waals surface area contributed by atoms with Gasteiger partial charge in [0.15, 0.2) is 6.61 Å². The standard InChI is InChI=1S/C25H24Cl2N2O6/c1-2-34-21-9-4-3-8-20(21)28-22(30)13-35-25(33)14-6-5-7-15(10-14)29-23(31)16-11-18(26)19(27)12-17(16)24(29)32/h3-10,16-19H,2,11-13H2,1H3,(H,28,30)/t16-,17+,18-,19-/m0/s1. The second-order valence-corrected chi connectivity index (χ2v) is 9.45. The minimum atomic E-state index is -0.766. The van der Waals surface area contributed by atoms with E-state index in [0.29, 0.717) is 30.9 Å². The topological polar surface area (TPSA) is 102 Å². The third-order valence-electron chi connectivity index (χ3n) is 6.05. The molecule has 0 radical (unpaired) electrons. The average molecular weight is 519 g/mol. The van der Waals surface area contributed by atoms with Gasteiger partial charge in [-0.15, -0.1) is 23.2 Å². The smallest absolute Gasteiger partial charge is 0.338 e. The molecule has 2 aromatic rings. The monoisotopic (exact) mass is 518 g/mol. The number of carbonyl (C=O) groups excluding carboxylic acids is 4. The molecule has 35 heavy (non-hydrogen) atoms. The number of nitrogens with zero attached hydrogens (tertiary/aromatic N) is 1. The molecule has 2 fully saturated rings. The van der Waals surface area contributed by atoms with E-state index < -0.39 is 30.3 Å². The Bertz CT molecular complexity index is 1130. The molecule has 0 unspecified atom stereocenters. The summed E-state index contributed by atoms with van der Waals surface area (Å²) in [6.45, 7) is 1.74. The van der Waals surface area contributed by atoms with E-state index in [9.17, 15) is 19.2 Å². The molecule has 8 nitrogen and oxygen atoms in total. The normalized spacial score (nSPS) is 23.6. The number of nitrogens with one attached hydrogen (secondary N) is 1. The van der Waals surface area contributed by atoms with Crippen molar-refractivity contribution in [2.24, 2.45) is 11.8 Å². The van der Waals surface area contributed by atoms with Crippen LogP contribution in [-0.4, -0.2) is 47.7 Å². The van der Waals surface area contributed by atoms with E-state index in [-0.39, 0.29) is 33.8 Å². The number of imide groups is 1. The van der Waals surface area contributed by atoms with Crippen LogP contribution in [0.5, 0.6) is 5.75 Å². The molecule has 3 amide bonds. The van der Waals surface area contributed by atoms with Crippen LogP contribution in [0.15, 0.2) is 48.5 Å². The van der Waals surface area contributed by atoms with Gasteiger partial charge in [-0.3, -0.25) is 19.3 Å². The van der Waals surface area contributed by atoms with E-state index in [0.717, 1.165) is 4.90 Å². The van der Waals surface area contributed by atoms with Crippen LogP contribution in [0.3, 0.4) is 0 Å². The van der Waals surface area contributed by atoms with Gasteiger partial charge in [0.05, 0.1) is 46.1 Å². The summed E-state index contributed by atoms with van der Waals surface area (Å²) in [6.07, 6.45) is 0.648. The molecule has 1 aliphatic heterocycles. The number of esters is 1. The molecule has 1 aliphatic carbocycles. The molecule has 10 heteroatoms. The van der Waals surface area contributed by atoms with E-state index in [1.165, 1.54) is 12.1 Å². The number of carbonyl (C=O) groups is 4. The lowest BCUT2D eigenvalue weighted by molar-refractivity contribution is -0.122. The Balaban J connectivity index is 1.41. The summed E-state index contributed by atoms with van der Waals surface area (Å²) in [7, 11) is 0. The Hall–Kier alpha value is -3.10. The number of ether oxygens (including phenoxy) is 2. The van der Waals surface area contributed by atoms with E-state index >= 15 is 0 Å². The molecule has 1 saturated heterocycles. The third-order valence-corrected chi connectivity index (χ3v) is 7.14.